The summed E-state index contributed by atoms with van der Waals surface area (Å²) in [5, 5.41) is 0.488. The number of carbonyl (C=O) groups is 1. The van der Waals surface area contributed by atoms with E-state index in [1.165, 1.54) is 12.1 Å². The van der Waals surface area contributed by atoms with E-state index in [1.54, 1.807) is 37.3 Å². The molecule has 5 nitrogen and oxygen atoms in total. The number of amides is 1. The van der Waals surface area contributed by atoms with Crippen LogP contribution in [0.4, 0.5) is 10.1 Å². The molecule has 27 heavy (non-hydrogen) atoms. The molecule has 0 bridgehead atoms. The summed E-state index contributed by atoms with van der Waals surface area (Å²) in [5.74, 6) is 0.923. The molecule has 0 atom stereocenters. The normalized spacial score (nSPS) is 14.2. The van der Waals surface area contributed by atoms with Gasteiger partial charge in [0.15, 0.2) is 0 Å². The van der Waals surface area contributed by atoms with Crippen molar-refractivity contribution in [2.75, 3.05) is 45.3 Å². The number of halogens is 2. The van der Waals surface area contributed by atoms with Crippen molar-refractivity contribution < 1.29 is 18.7 Å². The van der Waals surface area contributed by atoms with Gasteiger partial charge in [-0.2, -0.15) is 0 Å². The van der Waals surface area contributed by atoms with Gasteiger partial charge in [0.05, 0.1) is 31.4 Å². The molecule has 1 fully saturated rings. The molecule has 0 N–H and O–H groups in total. The number of anilines is 1. The highest BCUT2D eigenvalue weighted by molar-refractivity contribution is 6.32. The maximum atomic E-state index is 13.3. The lowest BCUT2D eigenvalue weighted by Crippen LogP contribution is -2.49. The second kappa shape index (κ2) is 8.48. The van der Waals surface area contributed by atoms with E-state index in [-0.39, 0.29) is 18.1 Å². The summed E-state index contributed by atoms with van der Waals surface area (Å²) in [5.41, 5.74) is 1.57. The van der Waals surface area contributed by atoms with Crippen LogP contribution in [-0.2, 0) is 11.2 Å². The fraction of sp³-hybridized carbons (Fsp3) is 0.350. The van der Waals surface area contributed by atoms with E-state index in [2.05, 4.69) is 4.90 Å². The fourth-order valence-corrected chi connectivity index (χ4v) is 3.45. The average Bonchev–Trinajstić information content (AvgIpc) is 2.68. The van der Waals surface area contributed by atoms with Crippen LogP contribution in [0.1, 0.15) is 5.56 Å². The third-order valence-corrected chi connectivity index (χ3v) is 4.97. The third-order valence-electron chi connectivity index (χ3n) is 4.67. The standard InChI is InChI=1S/C20H22ClFN2O3/c1-26-18-13-17(19(27-2)12-16(18)21)23-6-8-24(9-7-23)20(25)11-14-4-3-5-15(22)10-14/h3-5,10,12-13H,6-9,11H2,1-2H3. The van der Waals surface area contributed by atoms with Crippen LogP contribution in [-0.4, -0.2) is 51.2 Å². The van der Waals surface area contributed by atoms with E-state index in [4.69, 9.17) is 21.1 Å². The SMILES string of the molecule is COc1cc(N2CCN(C(=O)Cc3cccc(F)c3)CC2)c(OC)cc1Cl. The van der Waals surface area contributed by atoms with Gasteiger partial charge in [-0.1, -0.05) is 23.7 Å². The van der Waals surface area contributed by atoms with Crippen LogP contribution < -0.4 is 14.4 Å². The maximum absolute atomic E-state index is 13.3. The average molecular weight is 393 g/mol. The molecular formula is C20H22ClFN2O3. The number of piperazine rings is 1. The molecule has 0 radical (unpaired) electrons. The van der Waals surface area contributed by atoms with E-state index in [1.807, 2.05) is 6.07 Å². The summed E-state index contributed by atoms with van der Waals surface area (Å²) in [6.07, 6.45) is 0.204. The molecular weight excluding hydrogens is 371 g/mol. The van der Waals surface area contributed by atoms with Gasteiger partial charge in [0.1, 0.15) is 17.3 Å². The molecule has 0 saturated carbocycles. The molecule has 1 aliphatic heterocycles. The minimum atomic E-state index is -0.325. The molecule has 2 aromatic carbocycles. The first kappa shape index (κ1) is 19.3. The highest BCUT2D eigenvalue weighted by atomic mass is 35.5. The second-order valence-corrected chi connectivity index (χ2v) is 6.74. The van der Waals surface area contributed by atoms with Crippen LogP contribution >= 0.6 is 11.6 Å². The molecule has 3 rings (SSSR count). The summed E-state index contributed by atoms with van der Waals surface area (Å²) in [6, 6.07) is 9.75. The largest absolute Gasteiger partial charge is 0.495 e. The Morgan fingerprint density at radius 2 is 1.78 bits per heavy atom. The Labute approximate surface area is 163 Å². The summed E-state index contributed by atoms with van der Waals surface area (Å²) in [4.78, 5) is 16.5. The molecule has 0 aliphatic carbocycles. The first-order valence-corrected chi connectivity index (χ1v) is 9.08. The van der Waals surface area contributed by atoms with Crippen molar-refractivity contribution in [2.24, 2.45) is 0 Å². The number of carbonyl (C=O) groups excluding carboxylic acids is 1. The Morgan fingerprint density at radius 1 is 1.07 bits per heavy atom. The van der Waals surface area contributed by atoms with Crippen molar-refractivity contribution in [3.63, 3.8) is 0 Å². The lowest BCUT2D eigenvalue weighted by Gasteiger charge is -2.37. The van der Waals surface area contributed by atoms with Gasteiger partial charge in [-0.3, -0.25) is 4.79 Å². The van der Waals surface area contributed by atoms with Gasteiger partial charge in [0, 0.05) is 38.3 Å². The number of rotatable bonds is 5. The van der Waals surface area contributed by atoms with Crippen molar-refractivity contribution in [1.82, 2.24) is 4.90 Å². The Kier molecular flexibility index (Phi) is 6.06. The van der Waals surface area contributed by atoms with E-state index < -0.39 is 0 Å². The third kappa shape index (κ3) is 4.45. The summed E-state index contributed by atoms with van der Waals surface area (Å²) >= 11 is 6.17. The van der Waals surface area contributed by atoms with Gasteiger partial charge in [-0.25, -0.2) is 4.39 Å². The van der Waals surface area contributed by atoms with Crippen LogP contribution in [0.25, 0.3) is 0 Å². The lowest BCUT2D eigenvalue weighted by molar-refractivity contribution is -0.130. The topological polar surface area (TPSA) is 42.0 Å². The zero-order valence-electron chi connectivity index (χ0n) is 15.4. The lowest BCUT2D eigenvalue weighted by atomic mass is 10.1. The second-order valence-electron chi connectivity index (χ2n) is 6.33. The Balaban J connectivity index is 1.66. The molecule has 2 aromatic rings. The summed E-state index contributed by atoms with van der Waals surface area (Å²) in [6.45, 7) is 2.50. The molecule has 1 heterocycles. The number of nitrogens with zero attached hydrogens (tertiary/aromatic N) is 2. The number of benzene rings is 2. The predicted molar refractivity (Wildman–Crippen MR) is 103 cm³/mol. The molecule has 0 aromatic heterocycles. The minimum Gasteiger partial charge on any atom is -0.495 e. The zero-order valence-corrected chi connectivity index (χ0v) is 16.1. The van der Waals surface area contributed by atoms with Crippen molar-refractivity contribution >= 4 is 23.2 Å². The molecule has 1 amide bonds. The number of ether oxygens (including phenoxy) is 2. The molecule has 0 spiro atoms. The predicted octanol–water partition coefficient (Wildman–Crippen LogP) is 3.39. The molecule has 1 aliphatic rings. The van der Waals surface area contributed by atoms with Crippen LogP contribution in [0.5, 0.6) is 11.5 Å². The van der Waals surface area contributed by atoms with Crippen molar-refractivity contribution in [2.45, 2.75) is 6.42 Å². The number of hydrogen-bond donors (Lipinski definition) is 0. The Bertz CT molecular complexity index is 823. The van der Waals surface area contributed by atoms with E-state index in [9.17, 15) is 9.18 Å². The van der Waals surface area contributed by atoms with Crippen molar-refractivity contribution in [3.8, 4) is 11.5 Å². The molecule has 1 saturated heterocycles. The van der Waals surface area contributed by atoms with Gasteiger partial charge < -0.3 is 19.3 Å². The number of methoxy groups -OCH3 is 2. The highest BCUT2D eigenvalue weighted by Gasteiger charge is 2.24. The van der Waals surface area contributed by atoms with E-state index in [0.717, 1.165) is 5.69 Å². The van der Waals surface area contributed by atoms with Crippen molar-refractivity contribution in [1.29, 1.82) is 0 Å². The minimum absolute atomic E-state index is 0.000835. The van der Waals surface area contributed by atoms with Gasteiger partial charge in [0.25, 0.3) is 0 Å². The van der Waals surface area contributed by atoms with Gasteiger partial charge in [-0.05, 0) is 17.7 Å². The molecule has 144 valence electrons. The fourth-order valence-electron chi connectivity index (χ4n) is 3.22. The quantitative estimate of drug-likeness (QED) is 0.782. The smallest absolute Gasteiger partial charge is 0.227 e. The highest BCUT2D eigenvalue weighted by Crippen LogP contribution is 2.38. The van der Waals surface area contributed by atoms with E-state index >= 15 is 0 Å². The Morgan fingerprint density at radius 3 is 2.41 bits per heavy atom. The van der Waals surface area contributed by atoms with Crippen LogP contribution in [0, 0.1) is 5.82 Å². The number of hydrogen-bond acceptors (Lipinski definition) is 4. The molecule has 0 unspecified atom stereocenters. The van der Waals surface area contributed by atoms with Crippen LogP contribution in [0.15, 0.2) is 36.4 Å². The van der Waals surface area contributed by atoms with Gasteiger partial charge >= 0.3 is 0 Å². The monoisotopic (exact) mass is 392 g/mol. The summed E-state index contributed by atoms with van der Waals surface area (Å²) in [7, 11) is 3.17. The van der Waals surface area contributed by atoms with Crippen LogP contribution in [0.3, 0.4) is 0 Å². The Hall–Kier alpha value is -2.47. The molecule has 7 heteroatoms. The first-order valence-electron chi connectivity index (χ1n) is 8.70. The van der Waals surface area contributed by atoms with E-state index in [0.29, 0.717) is 48.3 Å². The van der Waals surface area contributed by atoms with Gasteiger partial charge in [0.2, 0.25) is 5.91 Å². The first-order chi connectivity index (χ1) is 13.0. The maximum Gasteiger partial charge on any atom is 0.227 e. The van der Waals surface area contributed by atoms with Gasteiger partial charge in [-0.15, -0.1) is 0 Å². The zero-order chi connectivity index (χ0) is 19.4. The summed E-state index contributed by atoms with van der Waals surface area (Å²) < 4.78 is 24.0. The van der Waals surface area contributed by atoms with Crippen LogP contribution in [0.2, 0.25) is 5.02 Å². The van der Waals surface area contributed by atoms with Crippen molar-refractivity contribution in [3.05, 3.63) is 52.8 Å².